The van der Waals surface area contributed by atoms with E-state index >= 15 is 0 Å². The SMILES string of the molecule is Cc1ccccc1CCNC(=O)c1cnc2onc(C(C)C)c2c1. The zero-order valence-electron chi connectivity index (χ0n) is 14.2. The van der Waals surface area contributed by atoms with Crippen LogP contribution < -0.4 is 5.32 Å². The molecule has 2 heterocycles. The molecular weight excluding hydrogens is 302 g/mol. The molecule has 0 fully saturated rings. The van der Waals surface area contributed by atoms with Gasteiger partial charge in [0.15, 0.2) is 0 Å². The Hall–Kier alpha value is -2.69. The molecular formula is C19H21N3O2. The van der Waals surface area contributed by atoms with E-state index in [2.05, 4.69) is 34.5 Å². The van der Waals surface area contributed by atoms with Gasteiger partial charge in [-0.3, -0.25) is 4.79 Å². The Balaban J connectivity index is 1.70. The Morgan fingerprint density at radius 2 is 2.08 bits per heavy atom. The molecule has 0 aliphatic carbocycles. The minimum absolute atomic E-state index is 0.131. The van der Waals surface area contributed by atoms with Gasteiger partial charge in [0.05, 0.1) is 16.6 Å². The number of hydrogen-bond donors (Lipinski definition) is 1. The fourth-order valence-corrected chi connectivity index (χ4v) is 2.69. The van der Waals surface area contributed by atoms with E-state index in [1.807, 2.05) is 26.0 Å². The first-order chi connectivity index (χ1) is 11.6. The van der Waals surface area contributed by atoms with E-state index in [-0.39, 0.29) is 11.8 Å². The molecule has 0 spiro atoms. The van der Waals surface area contributed by atoms with Crippen molar-refractivity contribution in [1.29, 1.82) is 0 Å². The van der Waals surface area contributed by atoms with Crippen LogP contribution in [0.2, 0.25) is 0 Å². The third-order valence-corrected chi connectivity index (χ3v) is 4.11. The molecule has 0 bridgehead atoms. The molecule has 0 saturated carbocycles. The topological polar surface area (TPSA) is 68.0 Å². The number of carbonyl (C=O) groups excluding carboxylic acids is 1. The molecule has 1 aromatic carbocycles. The Kier molecular flexibility index (Phi) is 4.60. The van der Waals surface area contributed by atoms with E-state index in [0.29, 0.717) is 17.8 Å². The van der Waals surface area contributed by atoms with Gasteiger partial charge in [-0.25, -0.2) is 4.98 Å². The Morgan fingerprint density at radius 3 is 2.83 bits per heavy atom. The molecule has 0 atom stereocenters. The minimum atomic E-state index is -0.131. The van der Waals surface area contributed by atoms with Crippen LogP contribution in [0.3, 0.4) is 0 Å². The van der Waals surface area contributed by atoms with Crippen LogP contribution in [0, 0.1) is 6.92 Å². The second-order valence-corrected chi connectivity index (χ2v) is 6.23. The predicted molar refractivity (Wildman–Crippen MR) is 93.1 cm³/mol. The van der Waals surface area contributed by atoms with E-state index in [1.165, 1.54) is 17.3 Å². The van der Waals surface area contributed by atoms with Crippen LogP contribution >= 0.6 is 0 Å². The fraction of sp³-hybridized carbons (Fsp3) is 0.316. The molecule has 1 N–H and O–H groups in total. The van der Waals surface area contributed by atoms with Crippen LogP contribution in [0.4, 0.5) is 0 Å². The summed E-state index contributed by atoms with van der Waals surface area (Å²) in [6, 6.07) is 10.00. The Morgan fingerprint density at radius 1 is 1.29 bits per heavy atom. The number of carbonyl (C=O) groups is 1. The molecule has 24 heavy (non-hydrogen) atoms. The summed E-state index contributed by atoms with van der Waals surface area (Å²) in [4.78, 5) is 16.6. The Bertz CT molecular complexity index is 868. The Labute approximate surface area is 141 Å². The van der Waals surface area contributed by atoms with Crippen LogP contribution in [0.25, 0.3) is 11.1 Å². The van der Waals surface area contributed by atoms with Gasteiger partial charge in [-0.15, -0.1) is 0 Å². The lowest BCUT2D eigenvalue weighted by Crippen LogP contribution is -2.26. The highest BCUT2D eigenvalue weighted by Crippen LogP contribution is 2.24. The summed E-state index contributed by atoms with van der Waals surface area (Å²) >= 11 is 0. The number of rotatable bonds is 5. The first kappa shape index (κ1) is 16.2. The second-order valence-electron chi connectivity index (χ2n) is 6.23. The summed E-state index contributed by atoms with van der Waals surface area (Å²) in [6.45, 7) is 6.73. The van der Waals surface area contributed by atoms with Gasteiger partial charge in [0.25, 0.3) is 11.6 Å². The standard InChI is InChI=1S/C19H21N3O2/c1-12(2)17-16-10-15(11-21-19(16)24-22-17)18(23)20-9-8-14-7-5-4-6-13(14)3/h4-7,10-12H,8-9H2,1-3H3,(H,20,23). The summed E-state index contributed by atoms with van der Waals surface area (Å²) in [7, 11) is 0. The van der Waals surface area contributed by atoms with Crippen LogP contribution in [-0.2, 0) is 6.42 Å². The maximum absolute atomic E-state index is 12.4. The van der Waals surface area contributed by atoms with E-state index in [4.69, 9.17) is 4.52 Å². The largest absolute Gasteiger partial charge is 0.352 e. The number of nitrogens with one attached hydrogen (secondary N) is 1. The van der Waals surface area contributed by atoms with Gasteiger partial charge in [-0.05, 0) is 36.5 Å². The van der Waals surface area contributed by atoms with Crippen LogP contribution in [0.1, 0.15) is 46.9 Å². The molecule has 5 nitrogen and oxygen atoms in total. The van der Waals surface area contributed by atoms with Crippen LogP contribution in [-0.4, -0.2) is 22.6 Å². The molecule has 124 valence electrons. The van der Waals surface area contributed by atoms with Gasteiger partial charge in [0.1, 0.15) is 0 Å². The first-order valence-corrected chi connectivity index (χ1v) is 8.14. The number of aryl methyl sites for hydroxylation is 1. The number of hydrogen-bond acceptors (Lipinski definition) is 4. The van der Waals surface area contributed by atoms with Crippen LogP contribution in [0.5, 0.6) is 0 Å². The lowest BCUT2D eigenvalue weighted by molar-refractivity contribution is 0.0954. The molecule has 0 saturated heterocycles. The highest BCUT2D eigenvalue weighted by Gasteiger charge is 2.15. The lowest BCUT2D eigenvalue weighted by Gasteiger charge is -2.07. The van der Waals surface area contributed by atoms with Crippen molar-refractivity contribution in [3.05, 3.63) is 58.9 Å². The van der Waals surface area contributed by atoms with Gasteiger partial charge < -0.3 is 9.84 Å². The van der Waals surface area contributed by atoms with Crippen LogP contribution in [0.15, 0.2) is 41.1 Å². The second kappa shape index (κ2) is 6.83. The van der Waals surface area contributed by atoms with Crippen molar-refractivity contribution < 1.29 is 9.32 Å². The number of nitrogens with zero attached hydrogens (tertiary/aromatic N) is 2. The van der Waals surface area contributed by atoms with Crippen molar-refractivity contribution in [1.82, 2.24) is 15.5 Å². The van der Waals surface area contributed by atoms with Gasteiger partial charge in [0, 0.05) is 12.7 Å². The van der Waals surface area contributed by atoms with Gasteiger partial charge in [-0.2, -0.15) is 0 Å². The van der Waals surface area contributed by atoms with E-state index in [0.717, 1.165) is 17.5 Å². The van der Waals surface area contributed by atoms with E-state index in [9.17, 15) is 4.79 Å². The molecule has 0 unspecified atom stereocenters. The van der Waals surface area contributed by atoms with E-state index in [1.54, 1.807) is 6.07 Å². The zero-order chi connectivity index (χ0) is 17.1. The number of benzene rings is 1. The van der Waals surface area contributed by atoms with Crippen molar-refractivity contribution in [3.8, 4) is 0 Å². The number of fused-ring (bicyclic) bond motifs is 1. The number of aromatic nitrogens is 2. The minimum Gasteiger partial charge on any atom is -0.352 e. The average Bonchev–Trinajstić information content (AvgIpc) is 2.99. The van der Waals surface area contributed by atoms with Crippen molar-refractivity contribution >= 4 is 17.0 Å². The van der Waals surface area contributed by atoms with Gasteiger partial charge >= 0.3 is 0 Å². The maximum Gasteiger partial charge on any atom is 0.257 e. The molecule has 0 radical (unpaired) electrons. The van der Waals surface area contributed by atoms with Crippen molar-refractivity contribution in [2.24, 2.45) is 0 Å². The third-order valence-electron chi connectivity index (χ3n) is 4.11. The van der Waals surface area contributed by atoms with E-state index < -0.39 is 0 Å². The third kappa shape index (κ3) is 3.30. The monoisotopic (exact) mass is 323 g/mol. The molecule has 0 aliphatic heterocycles. The van der Waals surface area contributed by atoms with Crippen molar-refractivity contribution in [3.63, 3.8) is 0 Å². The molecule has 3 aromatic rings. The summed E-state index contributed by atoms with van der Waals surface area (Å²) in [5.74, 6) is 0.0845. The number of amides is 1. The fourth-order valence-electron chi connectivity index (χ4n) is 2.69. The highest BCUT2D eigenvalue weighted by molar-refractivity contribution is 5.97. The summed E-state index contributed by atoms with van der Waals surface area (Å²) in [5, 5.41) is 7.79. The molecule has 3 rings (SSSR count). The summed E-state index contributed by atoms with van der Waals surface area (Å²) in [5.41, 5.74) is 4.30. The van der Waals surface area contributed by atoms with Crippen molar-refractivity contribution in [2.45, 2.75) is 33.1 Å². The van der Waals surface area contributed by atoms with Gasteiger partial charge in [-0.1, -0.05) is 43.3 Å². The molecule has 0 aliphatic rings. The quantitative estimate of drug-likeness (QED) is 0.778. The first-order valence-electron chi connectivity index (χ1n) is 8.14. The molecule has 5 heteroatoms. The molecule has 2 aromatic heterocycles. The van der Waals surface area contributed by atoms with Crippen molar-refractivity contribution in [2.75, 3.05) is 6.54 Å². The lowest BCUT2D eigenvalue weighted by atomic mass is 10.1. The summed E-state index contributed by atoms with van der Waals surface area (Å²) in [6.07, 6.45) is 2.33. The maximum atomic E-state index is 12.4. The number of pyridine rings is 1. The zero-order valence-corrected chi connectivity index (χ0v) is 14.2. The smallest absolute Gasteiger partial charge is 0.257 e. The highest BCUT2D eigenvalue weighted by atomic mass is 16.5. The normalized spacial score (nSPS) is 11.2. The average molecular weight is 323 g/mol. The molecule has 1 amide bonds. The van der Waals surface area contributed by atoms with Gasteiger partial charge in [0.2, 0.25) is 0 Å². The summed E-state index contributed by atoms with van der Waals surface area (Å²) < 4.78 is 5.20. The predicted octanol–water partition coefficient (Wildman–Crippen LogP) is 3.63.